The average molecular weight is 294 g/mol. The molecule has 0 aromatic heterocycles. The largest absolute Gasteiger partial charge is 0.508 e. The van der Waals surface area contributed by atoms with Gasteiger partial charge in [0.15, 0.2) is 0 Å². The lowest BCUT2D eigenvalue weighted by molar-refractivity contribution is -0.137. The number of phenolic OH excluding ortho intramolecular Hbond substituents is 2. The Labute approximate surface area is 122 Å². The number of carbonyl (C=O) groups is 2. The number of carboxylic acid groups (broad SMARTS) is 1. The second-order valence-corrected chi connectivity index (χ2v) is 5.02. The van der Waals surface area contributed by atoms with Crippen LogP contribution in [0, 0.1) is 0 Å². The minimum atomic E-state index is -0.830. The number of amides is 1. The normalized spacial score (nSPS) is 15.9. The predicted octanol–water partition coefficient (Wildman–Crippen LogP) is 0.330. The van der Waals surface area contributed by atoms with Gasteiger partial charge in [-0.3, -0.25) is 14.5 Å². The van der Waals surface area contributed by atoms with Crippen molar-refractivity contribution in [1.29, 1.82) is 0 Å². The number of piperazine rings is 1. The highest BCUT2D eigenvalue weighted by atomic mass is 16.4. The van der Waals surface area contributed by atoms with Crippen molar-refractivity contribution in [2.24, 2.45) is 0 Å². The van der Waals surface area contributed by atoms with Crippen LogP contribution >= 0.6 is 0 Å². The van der Waals surface area contributed by atoms with Gasteiger partial charge in [-0.1, -0.05) is 0 Å². The summed E-state index contributed by atoms with van der Waals surface area (Å²) in [6.07, 6.45) is 0.0916. The van der Waals surface area contributed by atoms with Gasteiger partial charge in [0.05, 0.1) is 6.42 Å². The summed E-state index contributed by atoms with van der Waals surface area (Å²) in [4.78, 5) is 26.4. The average Bonchev–Trinajstić information content (AvgIpc) is 2.44. The quantitative estimate of drug-likeness (QED) is 0.740. The number of hydrogen-bond donors (Lipinski definition) is 3. The monoisotopic (exact) mass is 294 g/mol. The Bertz CT molecular complexity index is 518. The van der Waals surface area contributed by atoms with Crippen molar-refractivity contribution >= 4 is 11.9 Å². The summed E-state index contributed by atoms with van der Waals surface area (Å²) >= 11 is 0. The maximum absolute atomic E-state index is 12.3. The molecule has 1 aliphatic rings. The highest BCUT2D eigenvalue weighted by molar-refractivity contribution is 5.95. The van der Waals surface area contributed by atoms with Crippen LogP contribution in [-0.4, -0.2) is 69.7 Å². The first kappa shape index (κ1) is 15.1. The summed E-state index contributed by atoms with van der Waals surface area (Å²) in [5.41, 5.74) is 0.242. The van der Waals surface area contributed by atoms with E-state index < -0.39 is 5.97 Å². The van der Waals surface area contributed by atoms with Crippen molar-refractivity contribution in [3.8, 4) is 11.5 Å². The van der Waals surface area contributed by atoms with Crippen molar-refractivity contribution in [3.05, 3.63) is 23.8 Å². The Morgan fingerprint density at radius 3 is 2.10 bits per heavy atom. The molecule has 1 saturated heterocycles. The van der Waals surface area contributed by atoms with E-state index in [-0.39, 0.29) is 29.4 Å². The first-order valence-corrected chi connectivity index (χ1v) is 6.72. The van der Waals surface area contributed by atoms with Crippen molar-refractivity contribution in [2.75, 3.05) is 32.7 Å². The Morgan fingerprint density at radius 1 is 1.00 bits per heavy atom. The summed E-state index contributed by atoms with van der Waals surface area (Å²) in [6, 6.07) is 3.80. The van der Waals surface area contributed by atoms with E-state index in [0.717, 1.165) is 0 Å². The molecule has 114 valence electrons. The van der Waals surface area contributed by atoms with Crippen LogP contribution in [0.2, 0.25) is 0 Å². The van der Waals surface area contributed by atoms with E-state index in [9.17, 15) is 19.8 Å². The SMILES string of the molecule is O=C(O)CCN1CCN(C(=O)c2cc(O)cc(O)c2)CC1. The lowest BCUT2D eigenvalue weighted by Crippen LogP contribution is -2.49. The summed E-state index contributed by atoms with van der Waals surface area (Å²) in [7, 11) is 0. The number of rotatable bonds is 4. The van der Waals surface area contributed by atoms with E-state index in [4.69, 9.17) is 5.11 Å². The molecule has 1 aromatic carbocycles. The fourth-order valence-electron chi connectivity index (χ4n) is 2.33. The number of carbonyl (C=O) groups excluding carboxylic acids is 1. The fraction of sp³-hybridized carbons (Fsp3) is 0.429. The zero-order valence-corrected chi connectivity index (χ0v) is 11.5. The molecule has 0 saturated carbocycles. The van der Waals surface area contributed by atoms with Gasteiger partial charge in [-0.15, -0.1) is 0 Å². The Balaban J connectivity index is 1.92. The van der Waals surface area contributed by atoms with Crippen LogP contribution in [0.5, 0.6) is 11.5 Å². The Hall–Kier alpha value is -2.28. The molecule has 7 heteroatoms. The van der Waals surface area contributed by atoms with Crippen LogP contribution in [0.4, 0.5) is 0 Å². The molecule has 3 N–H and O–H groups in total. The number of carboxylic acids is 1. The third-order valence-electron chi connectivity index (χ3n) is 3.45. The number of aliphatic carboxylic acids is 1. The van der Waals surface area contributed by atoms with E-state index in [2.05, 4.69) is 0 Å². The van der Waals surface area contributed by atoms with Crippen LogP contribution in [0.25, 0.3) is 0 Å². The highest BCUT2D eigenvalue weighted by Gasteiger charge is 2.22. The molecule has 0 bridgehead atoms. The van der Waals surface area contributed by atoms with E-state index in [1.807, 2.05) is 4.90 Å². The standard InChI is InChI=1S/C14H18N2O5/c17-11-7-10(8-12(18)9-11)14(21)16-5-3-15(4-6-16)2-1-13(19)20/h7-9,17-18H,1-6H2,(H,19,20). The Morgan fingerprint density at radius 2 is 1.57 bits per heavy atom. The molecular weight excluding hydrogens is 276 g/mol. The summed E-state index contributed by atoms with van der Waals surface area (Å²) in [5.74, 6) is -1.39. The van der Waals surface area contributed by atoms with E-state index in [0.29, 0.717) is 32.7 Å². The molecule has 2 rings (SSSR count). The molecule has 21 heavy (non-hydrogen) atoms. The van der Waals surface area contributed by atoms with Gasteiger partial charge in [-0.2, -0.15) is 0 Å². The first-order valence-electron chi connectivity index (χ1n) is 6.72. The summed E-state index contributed by atoms with van der Waals surface area (Å²) < 4.78 is 0. The third kappa shape index (κ3) is 4.09. The first-order chi connectivity index (χ1) is 9.95. The summed E-state index contributed by atoms with van der Waals surface area (Å²) in [6.45, 7) is 2.70. The molecule has 7 nitrogen and oxygen atoms in total. The highest BCUT2D eigenvalue weighted by Crippen LogP contribution is 2.21. The van der Waals surface area contributed by atoms with Gasteiger partial charge in [0.2, 0.25) is 0 Å². The molecule has 0 aliphatic carbocycles. The molecule has 1 amide bonds. The molecular formula is C14H18N2O5. The Kier molecular flexibility index (Phi) is 4.64. The molecule has 0 radical (unpaired) electrons. The zero-order valence-electron chi connectivity index (χ0n) is 11.5. The van der Waals surface area contributed by atoms with E-state index in [1.54, 1.807) is 4.90 Å². The van der Waals surface area contributed by atoms with Crippen molar-refractivity contribution in [2.45, 2.75) is 6.42 Å². The van der Waals surface area contributed by atoms with Gasteiger partial charge in [-0.25, -0.2) is 0 Å². The van der Waals surface area contributed by atoms with Crippen molar-refractivity contribution < 1.29 is 24.9 Å². The maximum Gasteiger partial charge on any atom is 0.304 e. The molecule has 0 unspecified atom stereocenters. The second-order valence-electron chi connectivity index (χ2n) is 5.02. The zero-order chi connectivity index (χ0) is 15.4. The van der Waals surface area contributed by atoms with Crippen molar-refractivity contribution in [1.82, 2.24) is 9.80 Å². The van der Waals surface area contributed by atoms with E-state index in [1.165, 1.54) is 18.2 Å². The molecule has 0 spiro atoms. The lowest BCUT2D eigenvalue weighted by atomic mass is 10.1. The number of aromatic hydroxyl groups is 2. The van der Waals surface area contributed by atoms with Crippen LogP contribution in [0.1, 0.15) is 16.8 Å². The van der Waals surface area contributed by atoms with Gasteiger partial charge in [0.25, 0.3) is 5.91 Å². The van der Waals surface area contributed by atoms with Gasteiger partial charge in [0.1, 0.15) is 11.5 Å². The number of nitrogens with zero attached hydrogens (tertiary/aromatic N) is 2. The predicted molar refractivity (Wildman–Crippen MR) is 74.4 cm³/mol. The molecule has 1 fully saturated rings. The number of benzene rings is 1. The topological polar surface area (TPSA) is 101 Å². The minimum Gasteiger partial charge on any atom is -0.508 e. The minimum absolute atomic E-state index is 0.0916. The molecule has 1 aromatic rings. The fourth-order valence-corrected chi connectivity index (χ4v) is 2.33. The molecule has 1 aliphatic heterocycles. The third-order valence-corrected chi connectivity index (χ3v) is 3.45. The van der Waals surface area contributed by atoms with Crippen LogP contribution in [0.15, 0.2) is 18.2 Å². The maximum atomic E-state index is 12.3. The molecule has 0 atom stereocenters. The van der Waals surface area contributed by atoms with Crippen LogP contribution in [-0.2, 0) is 4.79 Å². The van der Waals surface area contributed by atoms with E-state index >= 15 is 0 Å². The number of phenols is 2. The van der Waals surface area contributed by atoms with Gasteiger partial charge >= 0.3 is 5.97 Å². The lowest BCUT2D eigenvalue weighted by Gasteiger charge is -2.34. The van der Waals surface area contributed by atoms with Gasteiger partial charge < -0.3 is 20.2 Å². The second kappa shape index (κ2) is 6.45. The van der Waals surface area contributed by atoms with Gasteiger partial charge in [0, 0.05) is 44.4 Å². The smallest absolute Gasteiger partial charge is 0.304 e. The summed E-state index contributed by atoms with van der Waals surface area (Å²) in [5, 5.41) is 27.5. The van der Waals surface area contributed by atoms with Crippen LogP contribution < -0.4 is 0 Å². The van der Waals surface area contributed by atoms with Crippen LogP contribution in [0.3, 0.4) is 0 Å². The van der Waals surface area contributed by atoms with Crippen molar-refractivity contribution in [3.63, 3.8) is 0 Å². The molecule has 1 heterocycles. The number of hydrogen-bond acceptors (Lipinski definition) is 5. The van der Waals surface area contributed by atoms with Gasteiger partial charge in [-0.05, 0) is 12.1 Å².